The van der Waals surface area contributed by atoms with E-state index in [2.05, 4.69) is 14.9 Å². The number of nitrogens with zero attached hydrogens (tertiary/aromatic N) is 5. The van der Waals surface area contributed by atoms with E-state index in [4.69, 9.17) is 4.98 Å². The number of anilines is 1. The molecule has 1 aromatic carbocycles. The van der Waals surface area contributed by atoms with Gasteiger partial charge in [0.05, 0.1) is 34.8 Å². The summed E-state index contributed by atoms with van der Waals surface area (Å²) in [4.78, 5) is 15.5. The fraction of sp³-hybridized carbons (Fsp3) is 0.227. The average Bonchev–Trinajstić information content (AvgIpc) is 3.36. The zero-order valence-electron chi connectivity index (χ0n) is 15.6. The maximum atomic E-state index is 14.9. The number of benzene rings is 1. The van der Waals surface area contributed by atoms with Crippen LogP contribution in [0.4, 0.5) is 10.1 Å². The number of pyridine rings is 2. The van der Waals surface area contributed by atoms with Gasteiger partial charge in [-0.3, -0.25) is 14.5 Å². The fourth-order valence-corrected chi connectivity index (χ4v) is 3.83. The van der Waals surface area contributed by atoms with Crippen LogP contribution >= 0.6 is 0 Å². The first kappa shape index (κ1) is 16.9. The third-order valence-corrected chi connectivity index (χ3v) is 5.26. The van der Waals surface area contributed by atoms with E-state index in [1.165, 1.54) is 0 Å². The maximum Gasteiger partial charge on any atom is 0.147 e. The Morgan fingerprint density at radius 3 is 2.61 bits per heavy atom. The van der Waals surface area contributed by atoms with E-state index >= 15 is 0 Å². The molecule has 0 radical (unpaired) electrons. The van der Waals surface area contributed by atoms with Gasteiger partial charge in [0.25, 0.3) is 0 Å². The molecule has 5 rings (SSSR count). The monoisotopic (exact) mass is 373 g/mol. The van der Waals surface area contributed by atoms with Gasteiger partial charge in [-0.25, -0.2) is 9.37 Å². The van der Waals surface area contributed by atoms with Crippen LogP contribution in [0.5, 0.6) is 0 Å². The van der Waals surface area contributed by atoms with Crippen LogP contribution in [0.2, 0.25) is 0 Å². The summed E-state index contributed by atoms with van der Waals surface area (Å²) in [7, 11) is 0. The number of imidazole rings is 1. The Morgan fingerprint density at radius 1 is 1.00 bits per heavy atom. The molecule has 28 heavy (non-hydrogen) atoms. The molecular formula is C22H20FN5. The predicted molar refractivity (Wildman–Crippen MR) is 108 cm³/mol. The predicted octanol–water partition coefficient (Wildman–Crippen LogP) is 4.53. The van der Waals surface area contributed by atoms with Gasteiger partial charge in [-0.1, -0.05) is 0 Å². The van der Waals surface area contributed by atoms with Gasteiger partial charge in [-0.05, 0) is 56.2 Å². The van der Waals surface area contributed by atoms with Crippen molar-refractivity contribution in [3.05, 3.63) is 66.5 Å². The first-order valence-corrected chi connectivity index (χ1v) is 9.51. The standard InChI is InChI=1S/C22H20FN5/c1-15-4-6-17(13-25-15)28-21-14-24-9-8-19(21)26-22(28)16-5-7-20(18(23)12-16)27-10-2-3-11-27/h4-9,12-14H,2-3,10-11H2,1H3. The Balaban J connectivity index is 1.67. The van der Waals surface area contributed by atoms with Gasteiger partial charge in [-0.15, -0.1) is 0 Å². The summed E-state index contributed by atoms with van der Waals surface area (Å²) in [5.74, 6) is 0.471. The van der Waals surface area contributed by atoms with Gasteiger partial charge in [0.15, 0.2) is 0 Å². The molecule has 1 saturated heterocycles. The summed E-state index contributed by atoms with van der Waals surface area (Å²) in [6, 6.07) is 11.2. The third kappa shape index (κ3) is 2.81. The maximum absolute atomic E-state index is 14.9. The number of hydrogen-bond acceptors (Lipinski definition) is 4. The molecule has 1 fully saturated rings. The number of aromatic nitrogens is 4. The molecule has 0 unspecified atom stereocenters. The van der Waals surface area contributed by atoms with E-state index in [0.29, 0.717) is 11.5 Å². The smallest absolute Gasteiger partial charge is 0.147 e. The molecule has 0 N–H and O–H groups in total. The summed E-state index contributed by atoms with van der Waals surface area (Å²) < 4.78 is 16.9. The van der Waals surface area contributed by atoms with Crippen LogP contribution in [0.1, 0.15) is 18.5 Å². The summed E-state index contributed by atoms with van der Waals surface area (Å²) in [5.41, 5.74) is 4.90. The summed E-state index contributed by atoms with van der Waals surface area (Å²) in [6.07, 6.45) is 7.53. The Hall–Kier alpha value is -3.28. The van der Waals surface area contributed by atoms with Gasteiger partial charge in [0, 0.05) is 30.5 Å². The minimum atomic E-state index is -0.210. The van der Waals surface area contributed by atoms with Gasteiger partial charge >= 0.3 is 0 Å². The first-order chi connectivity index (χ1) is 13.7. The number of rotatable bonds is 3. The number of halogens is 1. The number of aryl methyl sites for hydroxylation is 1. The number of fused-ring (bicyclic) bond motifs is 1. The minimum Gasteiger partial charge on any atom is -0.369 e. The molecule has 0 spiro atoms. The average molecular weight is 373 g/mol. The summed E-state index contributed by atoms with van der Waals surface area (Å²) in [5, 5.41) is 0. The molecule has 3 aromatic heterocycles. The van der Waals surface area contributed by atoms with Crippen molar-refractivity contribution in [2.45, 2.75) is 19.8 Å². The summed E-state index contributed by atoms with van der Waals surface area (Å²) >= 11 is 0. The Bertz CT molecular complexity index is 1140. The van der Waals surface area contributed by atoms with Gasteiger partial charge in [-0.2, -0.15) is 0 Å². The van der Waals surface area contributed by atoms with Gasteiger partial charge < -0.3 is 4.90 Å². The highest BCUT2D eigenvalue weighted by Gasteiger charge is 2.19. The molecule has 6 heteroatoms. The van der Waals surface area contributed by atoms with Crippen LogP contribution < -0.4 is 4.90 Å². The van der Waals surface area contributed by atoms with E-state index < -0.39 is 0 Å². The summed E-state index contributed by atoms with van der Waals surface area (Å²) in [6.45, 7) is 3.77. The topological polar surface area (TPSA) is 46.8 Å². The third-order valence-electron chi connectivity index (χ3n) is 5.26. The van der Waals surface area contributed by atoms with Gasteiger partial charge in [0.2, 0.25) is 0 Å². The molecule has 0 aliphatic carbocycles. The Kier molecular flexibility index (Phi) is 4.04. The second kappa shape index (κ2) is 6.71. The SMILES string of the molecule is Cc1ccc(-n2c(-c3ccc(N4CCCC4)c(F)c3)nc3ccncc32)cn1. The molecule has 1 aliphatic heterocycles. The molecular weight excluding hydrogens is 353 g/mol. The normalized spacial score (nSPS) is 14.1. The van der Waals surface area contributed by atoms with Crippen molar-refractivity contribution in [3.63, 3.8) is 0 Å². The molecule has 1 aliphatic rings. The van der Waals surface area contributed by atoms with Crippen molar-refractivity contribution < 1.29 is 4.39 Å². The molecule has 5 nitrogen and oxygen atoms in total. The zero-order valence-corrected chi connectivity index (χ0v) is 15.6. The molecule has 0 amide bonds. The molecule has 0 atom stereocenters. The van der Waals surface area contributed by atoms with Crippen molar-refractivity contribution in [3.8, 4) is 17.1 Å². The lowest BCUT2D eigenvalue weighted by Crippen LogP contribution is -2.18. The Morgan fingerprint density at radius 2 is 1.86 bits per heavy atom. The van der Waals surface area contributed by atoms with Crippen molar-refractivity contribution in [2.24, 2.45) is 0 Å². The van der Waals surface area contributed by atoms with Crippen molar-refractivity contribution >= 4 is 16.7 Å². The second-order valence-electron chi connectivity index (χ2n) is 7.15. The first-order valence-electron chi connectivity index (χ1n) is 9.51. The van der Waals surface area contributed by atoms with Crippen LogP contribution in [0.3, 0.4) is 0 Å². The van der Waals surface area contributed by atoms with E-state index in [1.54, 1.807) is 18.5 Å². The van der Waals surface area contributed by atoms with Crippen LogP contribution in [0.25, 0.3) is 28.1 Å². The molecule has 0 saturated carbocycles. The van der Waals surface area contributed by atoms with E-state index in [9.17, 15) is 4.39 Å². The Labute approximate surface area is 162 Å². The highest BCUT2D eigenvalue weighted by molar-refractivity contribution is 5.82. The van der Waals surface area contributed by atoms with Crippen molar-refractivity contribution in [1.82, 2.24) is 19.5 Å². The van der Waals surface area contributed by atoms with E-state index in [-0.39, 0.29) is 5.82 Å². The van der Waals surface area contributed by atoms with Gasteiger partial charge in [0.1, 0.15) is 11.6 Å². The number of hydrogen-bond donors (Lipinski definition) is 0. The van der Waals surface area contributed by atoms with Crippen molar-refractivity contribution in [1.29, 1.82) is 0 Å². The van der Waals surface area contributed by atoms with Crippen LogP contribution in [0, 0.1) is 12.7 Å². The zero-order chi connectivity index (χ0) is 19.1. The largest absolute Gasteiger partial charge is 0.369 e. The lowest BCUT2D eigenvalue weighted by atomic mass is 10.1. The molecule has 140 valence electrons. The molecule has 4 aromatic rings. The lowest BCUT2D eigenvalue weighted by Gasteiger charge is -2.19. The second-order valence-corrected chi connectivity index (χ2v) is 7.15. The lowest BCUT2D eigenvalue weighted by molar-refractivity contribution is 0.623. The van der Waals surface area contributed by atoms with Crippen molar-refractivity contribution in [2.75, 3.05) is 18.0 Å². The van der Waals surface area contributed by atoms with Crippen LogP contribution in [-0.2, 0) is 0 Å². The van der Waals surface area contributed by atoms with E-state index in [1.807, 2.05) is 48.0 Å². The van der Waals surface area contributed by atoms with Crippen LogP contribution in [0.15, 0.2) is 55.0 Å². The molecule has 4 heterocycles. The minimum absolute atomic E-state index is 0.210. The van der Waals surface area contributed by atoms with E-state index in [0.717, 1.165) is 53.9 Å². The molecule has 0 bridgehead atoms. The highest BCUT2D eigenvalue weighted by Crippen LogP contribution is 2.31. The fourth-order valence-electron chi connectivity index (χ4n) is 3.83. The van der Waals surface area contributed by atoms with Crippen LogP contribution in [-0.4, -0.2) is 32.6 Å². The highest BCUT2D eigenvalue weighted by atomic mass is 19.1. The quantitative estimate of drug-likeness (QED) is 0.529.